The molecule has 8 nitrogen and oxygen atoms in total. The van der Waals surface area contributed by atoms with Gasteiger partial charge in [0.15, 0.2) is 0 Å². The molecule has 1 aliphatic rings. The van der Waals surface area contributed by atoms with Gasteiger partial charge in [-0.05, 0) is 87.6 Å². The van der Waals surface area contributed by atoms with Crippen molar-refractivity contribution in [3.8, 4) is 0 Å². The highest BCUT2D eigenvalue weighted by Gasteiger charge is 2.27. The number of anilines is 2. The van der Waals surface area contributed by atoms with E-state index in [0.717, 1.165) is 49.0 Å². The van der Waals surface area contributed by atoms with Gasteiger partial charge in [-0.1, -0.05) is 55.3 Å². The number of amides is 3. The maximum atomic E-state index is 14.5. The average Bonchev–Trinajstić information content (AvgIpc) is 3.41. The molecule has 254 valence electrons. The van der Waals surface area contributed by atoms with Crippen LogP contribution in [-0.4, -0.2) is 35.5 Å². The van der Waals surface area contributed by atoms with Gasteiger partial charge in [0.1, 0.15) is 16.5 Å². The van der Waals surface area contributed by atoms with Crippen molar-refractivity contribution in [3.05, 3.63) is 118 Å². The molecule has 0 saturated carbocycles. The van der Waals surface area contributed by atoms with Crippen LogP contribution in [0.5, 0.6) is 0 Å². The molecule has 11 heteroatoms. The summed E-state index contributed by atoms with van der Waals surface area (Å²) in [7, 11) is 0. The van der Waals surface area contributed by atoms with E-state index in [-0.39, 0.29) is 23.8 Å². The maximum Gasteiger partial charge on any atom is 0.341 e. The number of carbonyl (C=O) groups excluding carboxylic acids is 4. The molecule has 3 N–H and O–H groups in total. The molecule has 5 rings (SSSR count). The summed E-state index contributed by atoms with van der Waals surface area (Å²) in [4.78, 5) is 54.7. The van der Waals surface area contributed by atoms with E-state index in [2.05, 4.69) is 16.0 Å². The molecule has 0 bridgehead atoms. The first-order valence-electron chi connectivity index (χ1n) is 16.3. The number of aryl methyl sites for hydroxylation is 1. The number of nitrogens with one attached hydrogen (secondary N) is 3. The smallest absolute Gasteiger partial charge is 0.341 e. The second kappa shape index (κ2) is 17.1. The molecule has 1 aromatic heterocycles. The van der Waals surface area contributed by atoms with Gasteiger partial charge in [0.2, 0.25) is 5.91 Å². The molecule has 4 aromatic rings. The van der Waals surface area contributed by atoms with Gasteiger partial charge >= 0.3 is 5.97 Å². The molecular weight excluding hydrogens is 662 g/mol. The largest absolute Gasteiger partial charge is 0.462 e. The quantitative estimate of drug-likeness (QED) is 0.0826. The fraction of sp³-hybridized carbons (Fsp3) is 0.263. The number of carbonyl (C=O) groups is 4. The van der Waals surface area contributed by atoms with Crippen molar-refractivity contribution in [2.24, 2.45) is 0 Å². The van der Waals surface area contributed by atoms with Crippen molar-refractivity contribution in [2.75, 3.05) is 17.2 Å². The summed E-state index contributed by atoms with van der Waals surface area (Å²) < 4.78 is 19.9. The molecule has 1 unspecified atom stereocenters. The lowest BCUT2D eigenvalue weighted by Crippen LogP contribution is -2.30. The van der Waals surface area contributed by atoms with Gasteiger partial charge in [-0.15, -0.1) is 23.1 Å². The van der Waals surface area contributed by atoms with E-state index in [1.54, 1.807) is 68.4 Å². The van der Waals surface area contributed by atoms with E-state index in [9.17, 15) is 23.6 Å². The first-order chi connectivity index (χ1) is 23.7. The number of hydrogen-bond acceptors (Lipinski definition) is 7. The van der Waals surface area contributed by atoms with E-state index in [1.807, 2.05) is 6.07 Å². The third kappa shape index (κ3) is 9.45. The molecule has 1 heterocycles. The van der Waals surface area contributed by atoms with Gasteiger partial charge in [-0.2, -0.15) is 0 Å². The van der Waals surface area contributed by atoms with Gasteiger partial charge in [-0.25, -0.2) is 9.18 Å². The van der Waals surface area contributed by atoms with Crippen LogP contribution < -0.4 is 16.0 Å². The van der Waals surface area contributed by atoms with Gasteiger partial charge in [0, 0.05) is 26.6 Å². The minimum Gasteiger partial charge on any atom is -0.462 e. The van der Waals surface area contributed by atoms with Crippen LogP contribution in [0.15, 0.2) is 89.5 Å². The van der Waals surface area contributed by atoms with Gasteiger partial charge in [0.05, 0.1) is 17.4 Å². The van der Waals surface area contributed by atoms with Crippen LogP contribution in [0, 0.1) is 5.82 Å². The predicted molar refractivity (Wildman–Crippen MR) is 193 cm³/mol. The third-order valence-corrected chi connectivity index (χ3v) is 10.2. The second-order valence-electron chi connectivity index (χ2n) is 11.5. The molecule has 49 heavy (non-hydrogen) atoms. The van der Waals surface area contributed by atoms with E-state index >= 15 is 0 Å². The molecule has 1 aliphatic carbocycles. The number of fused-ring (bicyclic) bond motifs is 1. The highest BCUT2D eigenvalue weighted by Crippen LogP contribution is 2.38. The number of rotatable bonds is 11. The SMILES string of the molecule is CCOC(=O)c1c(NC(=O)C(C)Sc2cccc(NC(=O)/C(=C/c3ccccc3F)NC(=O)c3ccccc3)c2)sc2c1CCCCCC2. The van der Waals surface area contributed by atoms with Gasteiger partial charge in [-0.3, -0.25) is 14.4 Å². The Morgan fingerprint density at radius 2 is 1.65 bits per heavy atom. The Balaban J connectivity index is 1.30. The molecule has 0 saturated heterocycles. The third-order valence-electron chi connectivity index (χ3n) is 7.90. The van der Waals surface area contributed by atoms with Crippen molar-refractivity contribution in [1.82, 2.24) is 5.32 Å². The van der Waals surface area contributed by atoms with Crippen LogP contribution in [-0.2, 0) is 27.2 Å². The van der Waals surface area contributed by atoms with Crippen molar-refractivity contribution >= 4 is 63.6 Å². The lowest BCUT2D eigenvalue weighted by molar-refractivity contribution is -0.115. The Morgan fingerprint density at radius 1 is 0.918 bits per heavy atom. The first kappa shape index (κ1) is 35.6. The van der Waals surface area contributed by atoms with Crippen LogP contribution in [0.25, 0.3) is 6.08 Å². The number of hydrogen-bond donors (Lipinski definition) is 3. The van der Waals surface area contributed by atoms with Crippen LogP contribution in [0.1, 0.15) is 76.3 Å². The zero-order valence-corrected chi connectivity index (χ0v) is 29.0. The van der Waals surface area contributed by atoms with Crippen molar-refractivity contribution in [2.45, 2.75) is 62.5 Å². The lowest BCUT2D eigenvalue weighted by atomic mass is 9.96. The van der Waals surface area contributed by atoms with Crippen LogP contribution in [0.2, 0.25) is 0 Å². The van der Waals surface area contributed by atoms with Crippen molar-refractivity contribution in [3.63, 3.8) is 0 Å². The monoisotopic (exact) mass is 699 g/mol. The Bertz CT molecular complexity index is 1860. The number of ether oxygens (including phenoxy) is 1. The lowest BCUT2D eigenvalue weighted by Gasteiger charge is -2.14. The topological polar surface area (TPSA) is 114 Å². The molecule has 3 amide bonds. The van der Waals surface area contributed by atoms with Gasteiger partial charge < -0.3 is 20.7 Å². The fourth-order valence-electron chi connectivity index (χ4n) is 5.43. The normalized spacial score (nSPS) is 13.7. The number of thiophene rings is 1. The number of esters is 1. The Labute approximate surface area is 293 Å². The van der Waals surface area contributed by atoms with E-state index in [4.69, 9.17) is 4.74 Å². The molecule has 3 aromatic carbocycles. The second-order valence-corrected chi connectivity index (χ2v) is 14.0. The standard InChI is InChI=1S/C38H38FN3O5S2/c1-3-47-38(46)33-29-19-9-4-5-10-21-32(29)49-37(33)42-34(43)24(2)48-28-18-13-17-27(23-28)40-36(45)31(22-26-16-11-12-20-30(26)39)41-35(44)25-14-7-6-8-15-25/h6-8,11-18,20,22-24H,3-5,9-10,19,21H2,1-2H3,(H,40,45)(H,41,44)(H,42,43)/b31-22-. The summed E-state index contributed by atoms with van der Waals surface area (Å²) in [6, 6.07) is 21.3. The summed E-state index contributed by atoms with van der Waals surface area (Å²) in [5.74, 6) is -2.40. The zero-order chi connectivity index (χ0) is 34.8. The fourth-order valence-corrected chi connectivity index (χ4v) is 7.64. The summed E-state index contributed by atoms with van der Waals surface area (Å²) >= 11 is 2.75. The molecule has 0 spiro atoms. The minimum absolute atomic E-state index is 0.133. The number of halogens is 1. The highest BCUT2D eigenvalue weighted by molar-refractivity contribution is 8.00. The van der Waals surface area contributed by atoms with Gasteiger partial charge in [0.25, 0.3) is 11.8 Å². The minimum atomic E-state index is -0.653. The summed E-state index contributed by atoms with van der Waals surface area (Å²) in [5.41, 5.74) is 2.20. The summed E-state index contributed by atoms with van der Waals surface area (Å²) in [6.45, 7) is 3.78. The highest BCUT2D eigenvalue weighted by atomic mass is 32.2. The molecular formula is C38H38FN3O5S2. The number of benzene rings is 3. The number of thioether (sulfide) groups is 1. The van der Waals surface area contributed by atoms with E-state index < -0.39 is 28.9 Å². The average molecular weight is 700 g/mol. The van der Waals surface area contributed by atoms with E-state index in [0.29, 0.717) is 26.7 Å². The van der Waals surface area contributed by atoms with Crippen molar-refractivity contribution in [1.29, 1.82) is 0 Å². The molecule has 1 atom stereocenters. The van der Waals surface area contributed by atoms with Crippen LogP contribution >= 0.6 is 23.1 Å². The Hall–Kier alpha value is -4.74. The van der Waals surface area contributed by atoms with Crippen molar-refractivity contribution < 1.29 is 28.3 Å². The molecule has 0 radical (unpaired) electrons. The molecule has 0 aliphatic heterocycles. The maximum absolute atomic E-state index is 14.5. The first-order valence-corrected chi connectivity index (χ1v) is 18.0. The predicted octanol–water partition coefficient (Wildman–Crippen LogP) is 8.25. The zero-order valence-electron chi connectivity index (χ0n) is 27.3. The summed E-state index contributed by atoms with van der Waals surface area (Å²) in [6.07, 6.45) is 7.23. The summed E-state index contributed by atoms with van der Waals surface area (Å²) in [5, 5.41) is 8.37. The Morgan fingerprint density at radius 3 is 2.41 bits per heavy atom. The van der Waals surface area contributed by atoms with E-state index in [1.165, 1.54) is 47.4 Å². The van der Waals surface area contributed by atoms with Crippen LogP contribution in [0.4, 0.5) is 15.1 Å². The molecule has 0 fully saturated rings. The Kier molecular flexibility index (Phi) is 12.4. The van der Waals surface area contributed by atoms with Crippen LogP contribution in [0.3, 0.4) is 0 Å².